The number of amides is 2. The standard InChI is InChI=1S/C18H17ClN2O3/c19-15-7-6-12(11-22)10-16(15)20-8-3-9-21-17(23)13-4-1-2-5-14(13)18(21)24/h1-2,4-7,10,20,22H,3,8-9,11H2. The first-order valence-electron chi connectivity index (χ1n) is 7.70. The lowest BCUT2D eigenvalue weighted by atomic mass is 10.1. The van der Waals surface area contributed by atoms with Crippen molar-refractivity contribution < 1.29 is 14.7 Å². The lowest BCUT2D eigenvalue weighted by Crippen LogP contribution is -2.31. The molecule has 0 saturated heterocycles. The smallest absolute Gasteiger partial charge is 0.261 e. The second-order valence-corrected chi connectivity index (χ2v) is 5.97. The Kier molecular flexibility index (Phi) is 4.83. The molecule has 0 aromatic heterocycles. The van der Waals surface area contributed by atoms with Gasteiger partial charge in [0.05, 0.1) is 28.4 Å². The van der Waals surface area contributed by atoms with E-state index in [1.54, 1.807) is 42.5 Å². The van der Waals surface area contributed by atoms with Gasteiger partial charge < -0.3 is 10.4 Å². The predicted molar refractivity (Wildman–Crippen MR) is 92.3 cm³/mol. The molecule has 0 atom stereocenters. The van der Waals surface area contributed by atoms with Crippen LogP contribution in [0.25, 0.3) is 0 Å². The number of halogens is 1. The number of hydrogen-bond donors (Lipinski definition) is 2. The molecule has 1 heterocycles. The number of imide groups is 1. The number of nitrogens with zero attached hydrogens (tertiary/aromatic N) is 1. The van der Waals surface area contributed by atoms with E-state index in [1.165, 1.54) is 4.90 Å². The minimum Gasteiger partial charge on any atom is -0.392 e. The predicted octanol–water partition coefficient (Wildman–Crippen LogP) is 2.93. The topological polar surface area (TPSA) is 69.6 Å². The van der Waals surface area contributed by atoms with Gasteiger partial charge in [-0.3, -0.25) is 14.5 Å². The SMILES string of the molecule is O=C1c2ccccc2C(=O)N1CCCNc1cc(CO)ccc1Cl. The van der Waals surface area contributed by atoms with Crippen LogP contribution in [0.1, 0.15) is 32.7 Å². The van der Waals surface area contributed by atoms with E-state index < -0.39 is 0 Å². The van der Waals surface area contributed by atoms with Crippen molar-refractivity contribution in [2.45, 2.75) is 13.0 Å². The summed E-state index contributed by atoms with van der Waals surface area (Å²) in [5.74, 6) is -0.480. The molecule has 0 radical (unpaired) electrons. The Hall–Kier alpha value is -2.37. The number of aliphatic hydroxyl groups excluding tert-OH is 1. The summed E-state index contributed by atoms with van der Waals surface area (Å²) >= 11 is 6.10. The van der Waals surface area contributed by atoms with Crippen LogP contribution in [0.3, 0.4) is 0 Å². The first kappa shape index (κ1) is 16.5. The Labute approximate surface area is 144 Å². The first-order valence-corrected chi connectivity index (χ1v) is 8.08. The van der Waals surface area contributed by atoms with Crippen molar-refractivity contribution in [2.75, 3.05) is 18.4 Å². The van der Waals surface area contributed by atoms with Crippen molar-refractivity contribution in [3.05, 3.63) is 64.2 Å². The average Bonchev–Trinajstić information content (AvgIpc) is 2.85. The summed E-state index contributed by atoms with van der Waals surface area (Å²) in [7, 11) is 0. The summed E-state index contributed by atoms with van der Waals surface area (Å²) in [6, 6.07) is 12.1. The van der Waals surface area contributed by atoms with Gasteiger partial charge in [0, 0.05) is 13.1 Å². The maximum atomic E-state index is 12.2. The molecule has 5 nitrogen and oxygen atoms in total. The minimum absolute atomic E-state index is 0.0547. The van der Waals surface area contributed by atoms with E-state index in [9.17, 15) is 9.59 Å². The van der Waals surface area contributed by atoms with Crippen LogP contribution in [-0.4, -0.2) is 34.9 Å². The van der Waals surface area contributed by atoms with Gasteiger partial charge in [-0.25, -0.2) is 0 Å². The highest BCUT2D eigenvalue weighted by molar-refractivity contribution is 6.33. The summed E-state index contributed by atoms with van der Waals surface area (Å²) in [5.41, 5.74) is 2.43. The highest BCUT2D eigenvalue weighted by Gasteiger charge is 2.34. The third kappa shape index (κ3) is 3.13. The summed E-state index contributed by atoms with van der Waals surface area (Å²) < 4.78 is 0. The Balaban J connectivity index is 1.57. The van der Waals surface area contributed by atoms with Gasteiger partial charge in [-0.05, 0) is 36.2 Å². The summed E-state index contributed by atoms with van der Waals surface area (Å²) in [4.78, 5) is 25.8. The van der Waals surface area contributed by atoms with Crippen LogP contribution in [0, 0.1) is 0 Å². The van der Waals surface area contributed by atoms with Crippen LogP contribution < -0.4 is 5.32 Å². The zero-order valence-corrected chi connectivity index (χ0v) is 13.7. The van der Waals surface area contributed by atoms with Gasteiger partial charge >= 0.3 is 0 Å². The molecule has 0 aliphatic carbocycles. The number of fused-ring (bicyclic) bond motifs is 1. The molecule has 0 spiro atoms. The third-order valence-corrected chi connectivity index (χ3v) is 4.30. The molecular weight excluding hydrogens is 328 g/mol. The number of aliphatic hydroxyl groups is 1. The lowest BCUT2D eigenvalue weighted by molar-refractivity contribution is 0.0654. The van der Waals surface area contributed by atoms with E-state index in [-0.39, 0.29) is 18.4 Å². The van der Waals surface area contributed by atoms with Crippen LogP contribution in [0.4, 0.5) is 5.69 Å². The first-order chi connectivity index (χ1) is 11.6. The van der Waals surface area contributed by atoms with E-state index in [0.717, 1.165) is 11.3 Å². The van der Waals surface area contributed by atoms with E-state index in [0.29, 0.717) is 35.7 Å². The van der Waals surface area contributed by atoms with E-state index in [1.807, 2.05) is 0 Å². The van der Waals surface area contributed by atoms with E-state index in [2.05, 4.69) is 5.32 Å². The Bertz CT molecular complexity index is 757. The molecule has 2 aromatic carbocycles. The van der Waals surface area contributed by atoms with Crippen LogP contribution in [-0.2, 0) is 6.61 Å². The van der Waals surface area contributed by atoms with Crippen molar-refractivity contribution in [2.24, 2.45) is 0 Å². The van der Waals surface area contributed by atoms with Crippen molar-refractivity contribution >= 4 is 29.1 Å². The largest absolute Gasteiger partial charge is 0.392 e. The zero-order valence-electron chi connectivity index (χ0n) is 13.0. The summed E-state index contributed by atoms with van der Waals surface area (Å²) in [6.07, 6.45) is 0.602. The van der Waals surface area contributed by atoms with Crippen molar-refractivity contribution in [1.29, 1.82) is 0 Å². The molecule has 0 unspecified atom stereocenters. The number of anilines is 1. The van der Waals surface area contributed by atoms with Crippen molar-refractivity contribution in [3.8, 4) is 0 Å². The number of carbonyl (C=O) groups excluding carboxylic acids is 2. The second kappa shape index (κ2) is 7.03. The average molecular weight is 345 g/mol. The summed E-state index contributed by atoms with van der Waals surface area (Å²) in [5, 5.41) is 12.9. The molecule has 2 aromatic rings. The maximum Gasteiger partial charge on any atom is 0.261 e. The number of carbonyl (C=O) groups is 2. The lowest BCUT2D eigenvalue weighted by Gasteiger charge is -2.15. The molecule has 0 bridgehead atoms. The normalized spacial score (nSPS) is 13.3. The number of rotatable bonds is 6. The Morgan fingerprint density at radius 3 is 2.33 bits per heavy atom. The highest BCUT2D eigenvalue weighted by atomic mass is 35.5. The number of benzene rings is 2. The van der Waals surface area contributed by atoms with Gasteiger partial charge in [0.25, 0.3) is 11.8 Å². The van der Waals surface area contributed by atoms with Gasteiger partial charge in [0.2, 0.25) is 0 Å². The molecule has 0 saturated carbocycles. The number of hydrogen-bond acceptors (Lipinski definition) is 4. The fraction of sp³-hybridized carbons (Fsp3) is 0.222. The van der Waals surface area contributed by atoms with E-state index in [4.69, 9.17) is 16.7 Å². The third-order valence-electron chi connectivity index (χ3n) is 3.97. The molecule has 0 fully saturated rings. The van der Waals surface area contributed by atoms with Crippen LogP contribution in [0.5, 0.6) is 0 Å². The maximum absolute atomic E-state index is 12.2. The van der Waals surface area contributed by atoms with Gasteiger partial charge in [-0.1, -0.05) is 29.8 Å². The highest BCUT2D eigenvalue weighted by Crippen LogP contribution is 2.24. The Morgan fingerprint density at radius 2 is 1.71 bits per heavy atom. The van der Waals surface area contributed by atoms with Crippen LogP contribution in [0.15, 0.2) is 42.5 Å². The molecule has 6 heteroatoms. The molecule has 2 amide bonds. The van der Waals surface area contributed by atoms with Gasteiger partial charge in [0.1, 0.15) is 0 Å². The molecule has 2 N–H and O–H groups in total. The van der Waals surface area contributed by atoms with Gasteiger partial charge in [-0.2, -0.15) is 0 Å². The van der Waals surface area contributed by atoms with E-state index >= 15 is 0 Å². The molecule has 24 heavy (non-hydrogen) atoms. The molecule has 124 valence electrons. The fourth-order valence-electron chi connectivity index (χ4n) is 2.71. The van der Waals surface area contributed by atoms with Crippen molar-refractivity contribution in [1.82, 2.24) is 4.90 Å². The van der Waals surface area contributed by atoms with Crippen LogP contribution in [0.2, 0.25) is 5.02 Å². The zero-order chi connectivity index (χ0) is 17.1. The second-order valence-electron chi connectivity index (χ2n) is 5.56. The van der Waals surface area contributed by atoms with Gasteiger partial charge in [0.15, 0.2) is 0 Å². The van der Waals surface area contributed by atoms with Crippen LogP contribution >= 0.6 is 11.6 Å². The monoisotopic (exact) mass is 344 g/mol. The fourth-order valence-corrected chi connectivity index (χ4v) is 2.89. The Morgan fingerprint density at radius 1 is 1.04 bits per heavy atom. The number of nitrogens with one attached hydrogen (secondary N) is 1. The van der Waals surface area contributed by atoms with Crippen molar-refractivity contribution in [3.63, 3.8) is 0 Å². The molecular formula is C18H17ClN2O3. The van der Waals surface area contributed by atoms with Gasteiger partial charge in [-0.15, -0.1) is 0 Å². The molecule has 3 rings (SSSR count). The molecule has 1 aliphatic heterocycles. The summed E-state index contributed by atoms with van der Waals surface area (Å²) in [6.45, 7) is 0.847. The quantitative estimate of drug-likeness (QED) is 0.624. The minimum atomic E-state index is -0.240. The molecule has 1 aliphatic rings.